The molecule has 3 N–H and O–H groups in total. The molecule has 0 bridgehead atoms. The van der Waals surface area contributed by atoms with Crippen molar-refractivity contribution in [1.29, 1.82) is 0 Å². The maximum atomic E-state index is 12.0. The van der Waals surface area contributed by atoms with Crippen LogP contribution in [0.1, 0.15) is 20.3 Å². The zero-order chi connectivity index (χ0) is 14.9. The van der Waals surface area contributed by atoms with Gasteiger partial charge >= 0.3 is 19.5 Å². The molecule has 0 saturated carbocycles. The lowest BCUT2D eigenvalue weighted by atomic mass is 10.2. The van der Waals surface area contributed by atoms with Crippen molar-refractivity contribution >= 4 is 19.5 Å². The van der Waals surface area contributed by atoms with E-state index in [4.69, 9.17) is 19.3 Å². The Morgan fingerprint density at radius 1 is 1.21 bits per heavy atom. The van der Waals surface area contributed by atoms with Crippen LogP contribution in [-0.2, 0) is 23.2 Å². The summed E-state index contributed by atoms with van der Waals surface area (Å²) in [5.74, 6) is -2.50. The van der Waals surface area contributed by atoms with Crippen LogP contribution in [0.2, 0.25) is 0 Å². The molecule has 0 aliphatic heterocycles. The molecule has 19 heavy (non-hydrogen) atoms. The molecule has 0 fully saturated rings. The van der Waals surface area contributed by atoms with E-state index in [1.165, 1.54) is 0 Å². The first-order chi connectivity index (χ1) is 8.84. The molecule has 9 heteroatoms. The van der Waals surface area contributed by atoms with E-state index in [2.05, 4.69) is 5.32 Å². The van der Waals surface area contributed by atoms with Gasteiger partial charge in [-0.15, -0.1) is 0 Å². The minimum Gasteiger partial charge on any atom is -0.481 e. The maximum absolute atomic E-state index is 12.0. The van der Waals surface area contributed by atoms with Crippen LogP contribution in [0.5, 0.6) is 0 Å². The van der Waals surface area contributed by atoms with Gasteiger partial charge in [-0.1, -0.05) is 0 Å². The summed E-state index contributed by atoms with van der Waals surface area (Å²) in [5, 5.41) is 19.9. The average molecular weight is 297 g/mol. The van der Waals surface area contributed by atoms with E-state index in [0.29, 0.717) is 0 Å². The van der Waals surface area contributed by atoms with Crippen LogP contribution >= 0.6 is 7.60 Å². The molecule has 0 aliphatic rings. The normalized spacial score (nSPS) is 13.2. The molecule has 0 aromatic heterocycles. The van der Waals surface area contributed by atoms with Crippen molar-refractivity contribution in [2.45, 2.75) is 26.3 Å². The largest absolute Gasteiger partial charge is 0.481 e. The Bertz CT molecular complexity index is 337. The van der Waals surface area contributed by atoms with Gasteiger partial charge in [0.25, 0.3) is 0 Å². The highest BCUT2D eigenvalue weighted by atomic mass is 31.2. The second-order valence-corrected chi connectivity index (χ2v) is 5.80. The van der Waals surface area contributed by atoms with Crippen LogP contribution in [0.25, 0.3) is 0 Å². The van der Waals surface area contributed by atoms with E-state index in [9.17, 15) is 14.2 Å². The fourth-order valence-electron chi connectivity index (χ4n) is 1.36. The summed E-state index contributed by atoms with van der Waals surface area (Å²) < 4.78 is 22.1. The molecule has 1 atom stereocenters. The summed E-state index contributed by atoms with van der Waals surface area (Å²) in [5.41, 5.74) is 0. The fourth-order valence-corrected chi connectivity index (χ4v) is 2.88. The Morgan fingerprint density at radius 3 is 2.11 bits per heavy atom. The number of carbonyl (C=O) groups is 2. The molecular formula is C10H20NO7P. The summed E-state index contributed by atoms with van der Waals surface area (Å²) in [7, 11) is -3.24. The van der Waals surface area contributed by atoms with Crippen molar-refractivity contribution in [3.8, 4) is 0 Å². The zero-order valence-corrected chi connectivity index (χ0v) is 11.9. The molecule has 0 amide bonds. The Hall–Kier alpha value is -0.950. The fraction of sp³-hybridized carbons (Fsp3) is 0.800. The SMILES string of the molecule is CCOP(=O)(CCN[C@@H](CC(=O)O)C(=O)O)OCC. The Morgan fingerprint density at radius 2 is 1.74 bits per heavy atom. The van der Waals surface area contributed by atoms with Gasteiger partial charge in [-0.3, -0.25) is 14.2 Å². The molecule has 0 aromatic rings. The van der Waals surface area contributed by atoms with Gasteiger partial charge in [0.05, 0.1) is 25.8 Å². The van der Waals surface area contributed by atoms with E-state index in [-0.39, 0.29) is 25.9 Å². The van der Waals surface area contributed by atoms with Gasteiger partial charge in [-0.25, -0.2) is 0 Å². The van der Waals surface area contributed by atoms with Crippen molar-refractivity contribution in [1.82, 2.24) is 5.32 Å². The minimum atomic E-state index is -3.24. The molecule has 0 aromatic carbocycles. The summed E-state index contributed by atoms with van der Waals surface area (Å²) >= 11 is 0. The number of aliphatic carboxylic acids is 2. The Balaban J connectivity index is 4.32. The number of carboxylic acid groups (broad SMARTS) is 2. The summed E-state index contributed by atoms with van der Waals surface area (Å²) in [6, 6.07) is -1.23. The van der Waals surface area contributed by atoms with E-state index >= 15 is 0 Å². The van der Waals surface area contributed by atoms with Crippen molar-refractivity contribution < 1.29 is 33.4 Å². The third-order valence-corrected chi connectivity index (χ3v) is 4.18. The van der Waals surface area contributed by atoms with E-state index in [0.717, 1.165) is 0 Å². The van der Waals surface area contributed by atoms with Crippen LogP contribution in [0, 0.1) is 0 Å². The molecule has 0 radical (unpaired) electrons. The number of carboxylic acids is 2. The molecule has 0 unspecified atom stereocenters. The molecule has 0 saturated heterocycles. The maximum Gasteiger partial charge on any atom is 0.331 e. The highest BCUT2D eigenvalue weighted by Gasteiger charge is 2.25. The smallest absolute Gasteiger partial charge is 0.331 e. The molecule has 0 aliphatic carbocycles. The van der Waals surface area contributed by atoms with Gasteiger partial charge < -0.3 is 24.6 Å². The third-order valence-electron chi connectivity index (χ3n) is 2.10. The molecule has 0 heterocycles. The second kappa shape index (κ2) is 9.03. The second-order valence-electron chi connectivity index (χ2n) is 3.61. The lowest BCUT2D eigenvalue weighted by molar-refractivity contribution is -0.145. The minimum absolute atomic E-state index is 0.0158. The van der Waals surface area contributed by atoms with Gasteiger partial charge in [0.1, 0.15) is 6.04 Å². The predicted octanol–water partition coefficient (Wildman–Crippen LogP) is 0.770. The van der Waals surface area contributed by atoms with Gasteiger partial charge in [-0.05, 0) is 13.8 Å². The van der Waals surface area contributed by atoms with Crippen LogP contribution in [-0.4, -0.2) is 54.1 Å². The number of nitrogens with one attached hydrogen (secondary N) is 1. The number of hydrogen-bond donors (Lipinski definition) is 3. The van der Waals surface area contributed by atoms with Crippen LogP contribution < -0.4 is 5.32 Å². The van der Waals surface area contributed by atoms with Crippen LogP contribution in [0.15, 0.2) is 0 Å². The number of hydrogen-bond acceptors (Lipinski definition) is 6. The monoisotopic (exact) mass is 297 g/mol. The van der Waals surface area contributed by atoms with Gasteiger partial charge in [0.2, 0.25) is 0 Å². The van der Waals surface area contributed by atoms with Gasteiger partial charge in [-0.2, -0.15) is 0 Å². The molecular weight excluding hydrogens is 277 g/mol. The van der Waals surface area contributed by atoms with Crippen molar-refractivity contribution in [3.63, 3.8) is 0 Å². The van der Waals surface area contributed by atoms with E-state index in [1.807, 2.05) is 0 Å². The lowest BCUT2D eigenvalue weighted by Gasteiger charge is -2.18. The molecule has 8 nitrogen and oxygen atoms in total. The topological polar surface area (TPSA) is 122 Å². The third kappa shape index (κ3) is 7.94. The van der Waals surface area contributed by atoms with Crippen molar-refractivity contribution in [3.05, 3.63) is 0 Å². The summed E-state index contributed by atoms with van der Waals surface area (Å²) in [4.78, 5) is 21.3. The van der Waals surface area contributed by atoms with Crippen LogP contribution in [0.4, 0.5) is 0 Å². The molecule has 0 rings (SSSR count). The van der Waals surface area contributed by atoms with E-state index < -0.39 is 32.0 Å². The van der Waals surface area contributed by atoms with E-state index in [1.54, 1.807) is 13.8 Å². The molecule has 0 spiro atoms. The Kier molecular flexibility index (Phi) is 8.58. The first kappa shape index (κ1) is 18.0. The Labute approximate surface area is 111 Å². The van der Waals surface area contributed by atoms with Crippen LogP contribution in [0.3, 0.4) is 0 Å². The quantitative estimate of drug-likeness (QED) is 0.478. The van der Waals surface area contributed by atoms with Gasteiger partial charge in [0, 0.05) is 6.54 Å². The molecule has 112 valence electrons. The highest BCUT2D eigenvalue weighted by Crippen LogP contribution is 2.47. The van der Waals surface area contributed by atoms with Crippen molar-refractivity contribution in [2.75, 3.05) is 25.9 Å². The number of rotatable bonds is 11. The zero-order valence-electron chi connectivity index (χ0n) is 11.0. The summed E-state index contributed by atoms with van der Waals surface area (Å²) in [6.45, 7) is 3.80. The van der Waals surface area contributed by atoms with Gasteiger partial charge in [0.15, 0.2) is 0 Å². The first-order valence-electron chi connectivity index (χ1n) is 5.90. The first-order valence-corrected chi connectivity index (χ1v) is 7.63. The summed E-state index contributed by atoms with van der Waals surface area (Å²) in [6.07, 6.45) is -0.568. The van der Waals surface area contributed by atoms with Crippen molar-refractivity contribution in [2.24, 2.45) is 0 Å². The predicted molar refractivity (Wildman–Crippen MR) is 67.4 cm³/mol. The standard InChI is InChI=1S/C10H20NO7P/c1-3-17-19(16,18-4-2)6-5-11-8(10(14)15)7-9(12)13/h8,11H,3-7H2,1-2H3,(H,12,13)(H,14,15)/t8-/m0/s1. The lowest BCUT2D eigenvalue weighted by Crippen LogP contribution is -2.40. The highest BCUT2D eigenvalue weighted by molar-refractivity contribution is 7.53. The average Bonchev–Trinajstić information content (AvgIpc) is 2.27.